The smallest absolute Gasteiger partial charge is 0.251 e. The van der Waals surface area contributed by atoms with E-state index in [0.717, 1.165) is 0 Å². The molecule has 5 heteroatoms. The molecule has 0 aliphatic carbocycles. The van der Waals surface area contributed by atoms with Gasteiger partial charge in [0.05, 0.1) is 12.1 Å². The molecule has 0 atom stereocenters. The number of carbonyl (C=O) groups is 1. The molecule has 0 saturated heterocycles. The predicted octanol–water partition coefficient (Wildman–Crippen LogP) is 3.41. The van der Waals surface area contributed by atoms with Crippen LogP contribution in [0.5, 0.6) is 0 Å². The fourth-order valence-corrected chi connectivity index (χ4v) is 2.05. The zero-order valence-corrected chi connectivity index (χ0v) is 11.6. The largest absolute Gasteiger partial charge is 0.356 e. The summed E-state index contributed by atoms with van der Waals surface area (Å²) in [7, 11) is 0. The van der Waals surface area contributed by atoms with Gasteiger partial charge in [-0.1, -0.05) is 35.5 Å². The van der Waals surface area contributed by atoms with Crippen molar-refractivity contribution in [1.82, 2.24) is 10.5 Å². The quantitative estimate of drug-likeness (QED) is 0.802. The van der Waals surface area contributed by atoms with E-state index < -0.39 is 0 Å². The molecule has 22 heavy (non-hydrogen) atoms. The zero-order valence-electron chi connectivity index (χ0n) is 11.6. The minimum absolute atomic E-state index is 0.198. The minimum atomic E-state index is -0.376. The van der Waals surface area contributed by atoms with Gasteiger partial charge in [0.25, 0.3) is 5.91 Å². The second kappa shape index (κ2) is 6.22. The standard InChI is InChI=1S/C17H13FN2O2/c18-15-9-5-4-8-14(15)16-10-13(20-22-16)11-19-17(21)12-6-2-1-3-7-12/h1-10H,11H2,(H,19,21). The monoisotopic (exact) mass is 296 g/mol. The van der Waals surface area contributed by atoms with E-state index in [1.54, 1.807) is 48.5 Å². The molecule has 1 aromatic heterocycles. The van der Waals surface area contributed by atoms with E-state index in [9.17, 15) is 9.18 Å². The summed E-state index contributed by atoms with van der Waals surface area (Å²) in [6.07, 6.45) is 0. The molecule has 0 aliphatic heterocycles. The topological polar surface area (TPSA) is 55.1 Å². The van der Waals surface area contributed by atoms with Crippen molar-refractivity contribution >= 4 is 5.91 Å². The summed E-state index contributed by atoms with van der Waals surface area (Å²) in [6, 6.07) is 16.8. The van der Waals surface area contributed by atoms with Crippen LogP contribution in [0.4, 0.5) is 4.39 Å². The van der Waals surface area contributed by atoms with Crippen LogP contribution in [0.3, 0.4) is 0 Å². The first-order valence-electron chi connectivity index (χ1n) is 6.78. The number of hydrogen-bond donors (Lipinski definition) is 1. The lowest BCUT2D eigenvalue weighted by Gasteiger charge is -2.01. The molecular weight excluding hydrogens is 283 g/mol. The predicted molar refractivity (Wildman–Crippen MR) is 79.5 cm³/mol. The Bertz CT molecular complexity index is 784. The maximum absolute atomic E-state index is 13.7. The maximum Gasteiger partial charge on any atom is 0.251 e. The number of benzene rings is 2. The van der Waals surface area contributed by atoms with Gasteiger partial charge in [-0.3, -0.25) is 4.79 Å². The molecular formula is C17H13FN2O2. The van der Waals surface area contributed by atoms with Gasteiger partial charge < -0.3 is 9.84 Å². The fourth-order valence-electron chi connectivity index (χ4n) is 2.05. The lowest BCUT2D eigenvalue weighted by Crippen LogP contribution is -2.22. The Balaban J connectivity index is 1.68. The lowest BCUT2D eigenvalue weighted by molar-refractivity contribution is 0.0950. The summed E-state index contributed by atoms with van der Waals surface area (Å²) in [5, 5.41) is 6.58. The lowest BCUT2D eigenvalue weighted by atomic mass is 10.1. The molecule has 2 aromatic carbocycles. The highest BCUT2D eigenvalue weighted by atomic mass is 19.1. The first-order chi connectivity index (χ1) is 10.7. The highest BCUT2D eigenvalue weighted by Crippen LogP contribution is 2.23. The van der Waals surface area contributed by atoms with Crippen LogP contribution in [0.1, 0.15) is 16.1 Å². The Morgan fingerprint density at radius 1 is 1.09 bits per heavy atom. The van der Waals surface area contributed by atoms with Crippen molar-refractivity contribution in [2.24, 2.45) is 0 Å². The van der Waals surface area contributed by atoms with Gasteiger partial charge in [-0.15, -0.1) is 0 Å². The van der Waals surface area contributed by atoms with Crippen molar-refractivity contribution in [1.29, 1.82) is 0 Å². The number of carbonyl (C=O) groups excluding carboxylic acids is 1. The van der Waals surface area contributed by atoms with E-state index in [-0.39, 0.29) is 18.3 Å². The molecule has 0 spiro atoms. The second-order valence-electron chi connectivity index (χ2n) is 4.71. The van der Waals surface area contributed by atoms with Gasteiger partial charge in [-0.05, 0) is 24.3 Å². The molecule has 0 bridgehead atoms. The number of nitrogens with zero attached hydrogens (tertiary/aromatic N) is 1. The highest BCUT2D eigenvalue weighted by molar-refractivity contribution is 5.94. The molecule has 0 radical (unpaired) electrons. The van der Waals surface area contributed by atoms with E-state index in [1.165, 1.54) is 6.07 Å². The van der Waals surface area contributed by atoms with Crippen LogP contribution in [-0.2, 0) is 6.54 Å². The first kappa shape index (κ1) is 14.0. The molecule has 0 saturated carbocycles. The van der Waals surface area contributed by atoms with Gasteiger partial charge >= 0.3 is 0 Å². The molecule has 4 nitrogen and oxygen atoms in total. The van der Waals surface area contributed by atoms with Crippen LogP contribution in [0.25, 0.3) is 11.3 Å². The maximum atomic E-state index is 13.7. The summed E-state index contributed by atoms with van der Waals surface area (Å²) in [5.74, 6) is -0.239. The Labute approximate surface area is 126 Å². The van der Waals surface area contributed by atoms with Crippen molar-refractivity contribution in [2.45, 2.75) is 6.54 Å². The van der Waals surface area contributed by atoms with Crippen LogP contribution >= 0.6 is 0 Å². The Morgan fingerprint density at radius 3 is 2.59 bits per heavy atom. The molecule has 1 amide bonds. The average molecular weight is 296 g/mol. The molecule has 0 aliphatic rings. The third-order valence-electron chi connectivity index (χ3n) is 3.16. The van der Waals surface area contributed by atoms with E-state index in [4.69, 9.17) is 4.52 Å². The minimum Gasteiger partial charge on any atom is -0.356 e. The van der Waals surface area contributed by atoms with Crippen molar-refractivity contribution in [2.75, 3.05) is 0 Å². The van der Waals surface area contributed by atoms with Gasteiger partial charge in [0.2, 0.25) is 0 Å². The molecule has 1 heterocycles. The summed E-state index contributed by atoms with van der Waals surface area (Å²) < 4.78 is 18.8. The summed E-state index contributed by atoms with van der Waals surface area (Å²) in [4.78, 5) is 11.9. The summed E-state index contributed by atoms with van der Waals surface area (Å²) >= 11 is 0. The Morgan fingerprint density at radius 2 is 1.82 bits per heavy atom. The highest BCUT2D eigenvalue weighted by Gasteiger charge is 2.11. The van der Waals surface area contributed by atoms with E-state index in [1.807, 2.05) is 6.07 Å². The number of rotatable bonds is 4. The number of halogens is 1. The van der Waals surface area contributed by atoms with Gasteiger partial charge in [0.1, 0.15) is 11.5 Å². The van der Waals surface area contributed by atoms with Crippen LogP contribution < -0.4 is 5.32 Å². The van der Waals surface area contributed by atoms with Crippen molar-refractivity contribution in [3.63, 3.8) is 0 Å². The van der Waals surface area contributed by atoms with Crippen molar-refractivity contribution in [3.05, 3.63) is 77.7 Å². The molecule has 3 aromatic rings. The zero-order chi connectivity index (χ0) is 15.4. The van der Waals surface area contributed by atoms with E-state index in [2.05, 4.69) is 10.5 Å². The van der Waals surface area contributed by atoms with Gasteiger partial charge in [-0.2, -0.15) is 0 Å². The van der Waals surface area contributed by atoms with Gasteiger partial charge in [0, 0.05) is 11.6 Å². The van der Waals surface area contributed by atoms with Crippen LogP contribution in [0.2, 0.25) is 0 Å². The number of amides is 1. The number of nitrogens with one attached hydrogen (secondary N) is 1. The van der Waals surface area contributed by atoms with Crippen molar-refractivity contribution in [3.8, 4) is 11.3 Å². The fraction of sp³-hybridized carbons (Fsp3) is 0.0588. The molecule has 0 fully saturated rings. The third kappa shape index (κ3) is 3.03. The molecule has 110 valence electrons. The average Bonchev–Trinajstić information content (AvgIpc) is 3.02. The van der Waals surface area contributed by atoms with Crippen LogP contribution in [0.15, 0.2) is 65.2 Å². The van der Waals surface area contributed by atoms with Crippen LogP contribution in [0, 0.1) is 5.82 Å². The Hall–Kier alpha value is -2.95. The number of aromatic nitrogens is 1. The summed E-state index contributed by atoms with van der Waals surface area (Å²) in [5.41, 5.74) is 1.44. The third-order valence-corrected chi connectivity index (χ3v) is 3.16. The van der Waals surface area contributed by atoms with Crippen LogP contribution in [-0.4, -0.2) is 11.1 Å². The second-order valence-corrected chi connectivity index (χ2v) is 4.71. The Kier molecular flexibility index (Phi) is 3.96. The van der Waals surface area contributed by atoms with E-state index >= 15 is 0 Å². The van der Waals surface area contributed by atoms with E-state index in [0.29, 0.717) is 22.6 Å². The van der Waals surface area contributed by atoms with Gasteiger partial charge in [-0.25, -0.2) is 4.39 Å². The van der Waals surface area contributed by atoms with Gasteiger partial charge in [0.15, 0.2) is 5.76 Å². The first-order valence-corrected chi connectivity index (χ1v) is 6.78. The SMILES string of the molecule is O=C(NCc1cc(-c2ccccc2F)on1)c1ccccc1. The normalized spacial score (nSPS) is 10.4. The summed E-state index contributed by atoms with van der Waals surface area (Å²) in [6.45, 7) is 0.214. The number of hydrogen-bond acceptors (Lipinski definition) is 3. The molecule has 0 unspecified atom stereocenters. The molecule has 1 N–H and O–H groups in total. The van der Waals surface area contributed by atoms with Crippen molar-refractivity contribution < 1.29 is 13.7 Å². The molecule has 3 rings (SSSR count).